The third-order valence-electron chi connectivity index (χ3n) is 5.42. The number of anilines is 1. The maximum atomic E-state index is 12.9. The van der Waals surface area contributed by atoms with E-state index >= 15 is 0 Å². The number of benzene rings is 2. The molecule has 0 saturated carbocycles. The van der Waals surface area contributed by atoms with Crippen molar-refractivity contribution in [2.45, 2.75) is 30.8 Å². The van der Waals surface area contributed by atoms with Gasteiger partial charge in [0.2, 0.25) is 11.1 Å². The Balaban J connectivity index is 1.30. The third-order valence-corrected chi connectivity index (χ3v) is 6.34. The summed E-state index contributed by atoms with van der Waals surface area (Å²) >= 11 is 1.12. The minimum Gasteiger partial charge on any atom is -0.406 e. The molecule has 3 heterocycles. The van der Waals surface area contributed by atoms with Crippen LogP contribution in [-0.4, -0.2) is 50.6 Å². The molecule has 8 nitrogen and oxygen atoms in total. The fourth-order valence-corrected chi connectivity index (χ4v) is 4.86. The van der Waals surface area contributed by atoms with Crippen molar-refractivity contribution in [2.75, 3.05) is 17.2 Å². The lowest BCUT2D eigenvalue weighted by Crippen LogP contribution is -2.31. The lowest BCUT2D eigenvalue weighted by Gasteiger charge is -2.25. The van der Waals surface area contributed by atoms with Crippen LogP contribution in [0.4, 0.5) is 18.9 Å². The summed E-state index contributed by atoms with van der Waals surface area (Å²) < 4.78 is 42.2. The van der Waals surface area contributed by atoms with E-state index < -0.39 is 6.36 Å². The number of tetrazole rings is 1. The molecule has 3 aromatic rings. The lowest BCUT2D eigenvalue weighted by atomic mass is 9.96. The molecule has 0 unspecified atom stereocenters. The smallest absolute Gasteiger partial charge is 0.406 e. The van der Waals surface area contributed by atoms with Crippen molar-refractivity contribution in [3.8, 4) is 11.4 Å². The zero-order chi connectivity index (χ0) is 23.2. The van der Waals surface area contributed by atoms with Crippen molar-refractivity contribution in [1.82, 2.24) is 20.2 Å². The van der Waals surface area contributed by atoms with Crippen molar-refractivity contribution >= 4 is 29.1 Å². The molecule has 33 heavy (non-hydrogen) atoms. The Bertz CT molecular complexity index is 1240. The van der Waals surface area contributed by atoms with E-state index in [-0.39, 0.29) is 23.2 Å². The molecule has 170 valence electrons. The number of ether oxygens (including phenoxy) is 1. The Hall–Kier alpha value is -3.41. The van der Waals surface area contributed by atoms with Gasteiger partial charge in [-0.15, -0.1) is 18.3 Å². The first kappa shape index (κ1) is 21.4. The van der Waals surface area contributed by atoms with Crippen LogP contribution in [0, 0.1) is 0 Å². The molecule has 0 saturated heterocycles. The van der Waals surface area contributed by atoms with Gasteiger partial charge in [-0.25, -0.2) is 0 Å². The molecular formula is C21H16F3N5O3S. The SMILES string of the molecule is O=C(CSc1nnnn1-c1ccc(OC(F)(F)F)cc1)c1cc2c3c(c1)CC(=O)N3CCC2. The van der Waals surface area contributed by atoms with E-state index in [4.69, 9.17) is 0 Å². The minimum atomic E-state index is -4.78. The van der Waals surface area contributed by atoms with E-state index in [1.54, 1.807) is 11.0 Å². The quantitative estimate of drug-likeness (QED) is 0.399. The molecule has 1 amide bonds. The summed E-state index contributed by atoms with van der Waals surface area (Å²) in [7, 11) is 0. The van der Waals surface area contributed by atoms with Gasteiger partial charge in [0.05, 0.1) is 23.5 Å². The molecule has 2 aromatic carbocycles. The first-order chi connectivity index (χ1) is 15.8. The molecule has 2 aliphatic rings. The molecule has 12 heteroatoms. The number of ketones is 1. The Morgan fingerprint density at radius 1 is 1.15 bits per heavy atom. The molecule has 0 aliphatic carbocycles. The first-order valence-electron chi connectivity index (χ1n) is 10.1. The molecular weight excluding hydrogens is 459 g/mol. The summed E-state index contributed by atoms with van der Waals surface area (Å²) in [5, 5.41) is 11.7. The van der Waals surface area contributed by atoms with E-state index in [1.165, 1.54) is 16.8 Å². The van der Waals surface area contributed by atoms with Crippen LogP contribution >= 0.6 is 11.8 Å². The highest BCUT2D eigenvalue weighted by molar-refractivity contribution is 7.99. The van der Waals surface area contributed by atoms with Gasteiger partial charge in [0.1, 0.15) is 5.75 Å². The number of rotatable bonds is 6. The number of carbonyl (C=O) groups is 2. The van der Waals surface area contributed by atoms with Gasteiger partial charge in [0, 0.05) is 12.1 Å². The van der Waals surface area contributed by atoms with Crippen molar-refractivity contribution in [1.29, 1.82) is 0 Å². The van der Waals surface area contributed by atoms with Gasteiger partial charge in [0.15, 0.2) is 5.78 Å². The van der Waals surface area contributed by atoms with E-state index in [0.717, 1.165) is 53.6 Å². The van der Waals surface area contributed by atoms with Crippen LogP contribution in [0.2, 0.25) is 0 Å². The summed E-state index contributed by atoms with van der Waals surface area (Å²) in [6.07, 6.45) is -2.78. The van der Waals surface area contributed by atoms with Gasteiger partial charge in [-0.05, 0) is 70.8 Å². The van der Waals surface area contributed by atoms with Gasteiger partial charge >= 0.3 is 6.36 Å². The molecule has 0 spiro atoms. The standard InChI is InChI=1S/C21H16F3N5O3S/c22-21(23,24)32-16-5-3-15(4-6-16)29-20(25-26-27-29)33-11-17(30)13-8-12-2-1-7-28-18(31)10-14(9-13)19(12)28/h3-6,8-9H,1-2,7,10-11H2. The molecule has 0 bridgehead atoms. The Kier molecular flexibility index (Phi) is 5.31. The Labute approximate surface area is 189 Å². The highest BCUT2D eigenvalue weighted by Gasteiger charge is 2.33. The third kappa shape index (κ3) is 4.30. The summed E-state index contributed by atoms with van der Waals surface area (Å²) in [5.74, 6) is -0.359. The van der Waals surface area contributed by atoms with Gasteiger partial charge in [-0.3, -0.25) is 9.59 Å². The van der Waals surface area contributed by atoms with E-state index in [1.807, 2.05) is 6.07 Å². The van der Waals surface area contributed by atoms with Crippen LogP contribution in [-0.2, 0) is 17.6 Å². The van der Waals surface area contributed by atoms with Crippen molar-refractivity contribution in [2.24, 2.45) is 0 Å². The Morgan fingerprint density at radius 2 is 1.91 bits per heavy atom. The number of amides is 1. The number of hydrogen-bond acceptors (Lipinski definition) is 7. The first-order valence-corrected chi connectivity index (χ1v) is 11.0. The number of halogens is 3. The summed E-state index contributed by atoms with van der Waals surface area (Å²) in [6.45, 7) is 0.716. The minimum absolute atomic E-state index is 0.0610. The summed E-state index contributed by atoms with van der Waals surface area (Å²) in [5.41, 5.74) is 3.82. The summed E-state index contributed by atoms with van der Waals surface area (Å²) in [6, 6.07) is 8.73. The van der Waals surface area contributed by atoms with E-state index in [2.05, 4.69) is 20.3 Å². The second kappa shape index (κ2) is 8.18. The van der Waals surface area contributed by atoms with Gasteiger partial charge in [0.25, 0.3) is 0 Å². The normalized spacial score (nSPS) is 15.0. The summed E-state index contributed by atoms with van der Waals surface area (Å²) in [4.78, 5) is 26.9. The number of aryl methyl sites for hydroxylation is 1. The van der Waals surface area contributed by atoms with E-state index in [0.29, 0.717) is 29.4 Å². The Morgan fingerprint density at radius 3 is 2.67 bits per heavy atom. The van der Waals surface area contributed by atoms with Crippen molar-refractivity contribution in [3.05, 3.63) is 53.1 Å². The average Bonchev–Trinajstić information content (AvgIpc) is 3.37. The number of carbonyl (C=O) groups excluding carboxylic acids is 2. The van der Waals surface area contributed by atoms with Crippen LogP contribution in [0.25, 0.3) is 5.69 Å². The molecule has 2 aliphatic heterocycles. The number of thioether (sulfide) groups is 1. The number of aromatic nitrogens is 4. The molecule has 5 rings (SSSR count). The zero-order valence-corrected chi connectivity index (χ0v) is 17.8. The topological polar surface area (TPSA) is 90.2 Å². The average molecular weight is 475 g/mol. The lowest BCUT2D eigenvalue weighted by molar-refractivity contribution is -0.274. The molecule has 0 atom stereocenters. The monoisotopic (exact) mass is 475 g/mol. The molecule has 1 aromatic heterocycles. The zero-order valence-electron chi connectivity index (χ0n) is 17.0. The second-order valence-corrected chi connectivity index (χ2v) is 8.54. The number of Topliss-reactive ketones (excluding diaryl/α,β-unsaturated/α-hetero) is 1. The fourth-order valence-electron chi connectivity index (χ4n) is 4.07. The van der Waals surface area contributed by atoms with Crippen LogP contribution < -0.4 is 9.64 Å². The van der Waals surface area contributed by atoms with Crippen molar-refractivity contribution in [3.63, 3.8) is 0 Å². The maximum absolute atomic E-state index is 12.9. The number of alkyl halides is 3. The number of nitrogens with zero attached hydrogens (tertiary/aromatic N) is 5. The van der Waals surface area contributed by atoms with Crippen LogP contribution in [0.15, 0.2) is 41.6 Å². The highest BCUT2D eigenvalue weighted by Crippen LogP contribution is 2.38. The molecule has 0 fully saturated rings. The van der Waals surface area contributed by atoms with Crippen molar-refractivity contribution < 1.29 is 27.5 Å². The van der Waals surface area contributed by atoms with Crippen LogP contribution in [0.3, 0.4) is 0 Å². The van der Waals surface area contributed by atoms with Crippen LogP contribution in [0.5, 0.6) is 5.75 Å². The molecule has 0 N–H and O–H groups in total. The fraction of sp³-hybridized carbons (Fsp3) is 0.286. The predicted molar refractivity (Wildman–Crippen MR) is 112 cm³/mol. The highest BCUT2D eigenvalue weighted by atomic mass is 32.2. The largest absolute Gasteiger partial charge is 0.573 e. The van der Waals surface area contributed by atoms with Gasteiger partial charge in [-0.1, -0.05) is 11.8 Å². The van der Waals surface area contributed by atoms with E-state index in [9.17, 15) is 22.8 Å². The molecule has 0 radical (unpaired) electrons. The predicted octanol–water partition coefficient (Wildman–Crippen LogP) is 3.37. The maximum Gasteiger partial charge on any atom is 0.573 e. The number of hydrogen-bond donors (Lipinski definition) is 0. The van der Waals surface area contributed by atoms with Crippen LogP contribution in [0.1, 0.15) is 27.9 Å². The van der Waals surface area contributed by atoms with Gasteiger partial charge < -0.3 is 9.64 Å². The van der Waals surface area contributed by atoms with Gasteiger partial charge in [-0.2, -0.15) is 4.68 Å². The second-order valence-electron chi connectivity index (χ2n) is 7.60.